The Bertz CT molecular complexity index is 133. The van der Waals surface area contributed by atoms with Crippen molar-refractivity contribution in [2.45, 2.75) is 46.0 Å². The van der Waals surface area contributed by atoms with Gasteiger partial charge < -0.3 is 0 Å². The van der Waals surface area contributed by atoms with Crippen LogP contribution >= 0.6 is 0 Å². The van der Waals surface area contributed by atoms with Crippen LogP contribution in [-0.4, -0.2) is 0 Å². The molecule has 58 valence electrons. The van der Waals surface area contributed by atoms with Gasteiger partial charge in [-0.25, -0.2) is 0 Å². The summed E-state index contributed by atoms with van der Waals surface area (Å²) in [6, 6.07) is 0. The molecule has 2 atom stereocenters. The first-order valence-corrected chi connectivity index (χ1v) is 4.77. The summed E-state index contributed by atoms with van der Waals surface area (Å²) < 4.78 is 0. The van der Waals surface area contributed by atoms with E-state index >= 15 is 0 Å². The maximum atomic E-state index is 2.43. The van der Waals surface area contributed by atoms with E-state index in [1.165, 1.54) is 12.8 Å². The van der Waals surface area contributed by atoms with Crippen LogP contribution < -0.4 is 0 Å². The van der Waals surface area contributed by atoms with Gasteiger partial charge in [0.25, 0.3) is 0 Å². The van der Waals surface area contributed by atoms with Gasteiger partial charge in [0.15, 0.2) is 0 Å². The molecule has 0 nitrogen and oxygen atoms in total. The number of rotatable bonds is 1. The fourth-order valence-electron chi connectivity index (χ4n) is 3.05. The Morgan fingerprint density at radius 3 is 2.50 bits per heavy atom. The van der Waals surface area contributed by atoms with Crippen molar-refractivity contribution in [3.8, 4) is 0 Å². The SMILES string of the molecule is CCC1CC(C)CC12CC2. The van der Waals surface area contributed by atoms with Crippen molar-refractivity contribution in [2.24, 2.45) is 17.3 Å². The van der Waals surface area contributed by atoms with Gasteiger partial charge in [0.05, 0.1) is 0 Å². The third kappa shape index (κ3) is 0.810. The van der Waals surface area contributed by atoms with Gasteiger partial charge in [-0.2, -0.15) is 0 Å². The van der Waals surface area contributed by atoms with Gasteiger partial charge in [0, 0.05) is 0 Å². The van der Waals surface area contributed by atoms with Crippen LogP contribution in [0.25, 0.3) is 0 Å². The van der Waals surface area contributed by atoms with Crippen molar-refractivity contribution in [3.63, 3.8) is 0 Å². The van der Waals surface area contributed by atoms with Crippen molar-refractivity contribution >= 4 is 0 Å². The van der Waals surface area contributed by atoms with E-state index in [-0.39, 0.29) is 0 Å². The molecular formula is C10H18. The van der Waals surface area contributed by atoms with Crippen LogP contribution in [0.15, 0.2) is 0 Å². The summed E-state index contributed by atoms with van der Waals surface area (Å²) in [4.78, 5) is 0. The standard InChI is InChI=1S/C10H18/c1-3-9-6-8(2)7-10(9)4-5-10/h8-9H,3-7H2,1-2H3. The lowest BCUT2D eigenvalue weighted by atomic mass is 9.91. The largest absolute Gasteiger partial charge is 0.0651 e. The third-order valence-electron chi connectivity index (χ3n) is 3.69. The lowest BCUT2D eigenvalue weighted by Gasteiger charge is -2.14. The highest BCUT2D eigenvalue weighted by Gasteiger charge is 2.52. The minimum Gasteiger partial charge on any atom is -0.0651 e. The second kappa shape index (κ2) is 1.99. The molecule has 2 aliphatic carbocycles. The van der Waals surface area contributed by atoms with E-state index in [1.54, 1.807) is 19.3 Å². The molecule has 0 aromatic heterocycles. The summed E-state index contributed by atoms with van der Waals surface area (Å²) in [6.07, 6.45) is 7.61. The molecule has 2 rings (SSSR count). The Hall–Kier alpha value is 0. The van der Waals surface area contributed by atoms with Crippen LogP contribution in [0, 0.1) is 17.3 Å². The van der Waals surface area contributed by atoms with E-state index in [1.807, 2.05) is 0 Å². The molecule has 0 heterocycles. The fourth-order valence-corrected chi connectivity index (χ4v) is 3.05. The smallest absolute Gasteiger partial charge is 0.0266 e. The summed E-state index contributed by atoms with van der Waals surface area (Å²) in [5, 5.41) is 0. The average Bonchev–Trinajstić information content (AvgIpc) is 2.55. The first-order valence-electron chi connectivity index (χ1n) is 4.77. The quantitative estimate of drug-likeness (QED) is 0.522. The summed E-state index contributed by atoms with van der Waals surface area (Å²) in [7, 11) is 0. The molecule has 0 N–H and O–H groups in total. The van der Waals surface area contributed by atoms with Crippen molar-refractivity contribution in [1.82, 2.24) is 0 Å². The van der Waals surface area contributed by atoms with Crippen LogP contribution in [0.2, 0.25) is 0 Å². The highest BCUT2D eigenvalue weighted by molar-refractivity contribution is 5.03. The van der Waals surface area contributed by atoms with Crippen molar-refractivity contribution in [2.75, 3.05) is 0 Å². The fraction of sp³-hybridized carbons (Fsp3) is 1.00. The molecule has 0 saturated heterocycles. The van der Waals surface area contributed by atoms with Crippen LogP contribution in [0.4, 0.5) is 0 Å². The molecule has 0 aromatic rings. The van der Waals surface area contributed by atoms with Crippen molar-refractivity contribution in [1.29, 1.82) is 0 Å². The maximum absolute atomic E-state index is 2.43. The van der Waals surface area contributed by atoms with E-state index in [0.29, 0.717) is 0 Å². The normalized spacial score (nSPS) is 42.6. The Morgan fingerprint density at radius 1 is 1.40 bits per heavy atom. The molecule has 0 radical (unpaired) electrons. The van der Waals surface area contributed by atoms with E-state index in [9.17, 15) is 0 Å². The van der Waals surface area contributed by atoms with E-state index in [2.05, 4.69) is 13.8 Å². The second-order valence-corrected chi connectivity index (χ2v) is 4.51. The summed E-state index contributed by atoms with van der Waals surface area (Å²) in [6.45, 7) is 4.79. The highest BCUT2D eigenvalue weighted by atomic mass is 14.6. The van der Waals surface area contributed by atoms with Gasteiger partial charge in [-0.15, -0.1) is 0 Å². The van der Waals surface area contributed by atoms with E-state index in [4.69, 9.17) is 0 Å². The van der Waals surface area contributed by atoms with Gasteiger partial charge in [-0.1, -0.05) is 20.3 Å². The minimum atomic E-state index is 0.883. The van der Waals surface area contributed by atoms with Crippen LogP contribution in [0.5, 0.6) is 0 Å². The van der Waals surface area contributed by atoms with E-state index < -0.39 is 0 Å². The summed E-state index contributed by atoms with van der Waals surface area (Å²) in [5.41, 5.74) is 0.883. The maximum Gasteiger partial charge on any atom is -0.0266 e. The van der Waals surface area contributed by atoms with Crippen LogP contribution in [-0.2, 0) is 0 Å². The third-order valence-corrected chi connectivity index (χ3v) is 3.69. The monoisotopic (exact) mass is 138 g/mol. The first-order chi connectivity index (χ1) is 4.77. The Kier molecular flexibility index (Phi) is 1.33. The molecule has 2 fully saturated rings. The van der Waals surface area contributed by atoms with E-state index in [0.717, 1.165) is 17.3 Å². The van der Waals surface area contributed by atoms with Gasteiger partial charge >= 0.3 is 0 Å². The van der Waals surface area contributed by atoms with Gasteiger partial charge in [0.2, 0.25) is 0 Å². The Morgan fingerprint density at radius 2 is 2.10 bits per heavy atom. The van der Waals surface area contributed by atoms with Crippen LogP contribution in [0.3, 0.4) is 0 Å². The molecule has 0 heteroatoms. The van der Waals surface area contributed by atoms with Crippen molar-refractivity contribution < 1.29 is 0 Å². The Balaban J connectivity index is 2.06. The highest BCUT2D eigenvalue weighted by Crippen LogP contribution is 2.63. The molecule has 10 heavy (non-hydrogen) atoms. The molecule has 1 spiro atoms. The predicted molar refractivity (Wildman–Crippen MR) is 43.8 cm³/mol. The molecule has 2 unspecified atom stereocenters. The molecule has 0 aliphatic heterocycles. The summed E-state index contributed by atoms with van der Waals surface area (Å²) >= 11 is 0. The average molecular weight is 138 g/mol. The molecule has 2 aliphatic rings. The molecule has 2 saturated carbocycles. The zero-order valence-electron chi connectivity index (χ0n) is 7.19. The lowest BCUT2D eigenvalue weighted by molar-refractivity contribution is 0.354. The van der Waals surface area contributed by atoms with Crippen molar-refractivity contribution in [3.05, 3.63) is 0 Å². The Labute approximate surface area is 64.0 Å². The topological polar surface area (TPSA) is 0 Å². The molecule has 0 amide bonds. The molecule has 0 aromatic carbocycles. The minimum absolute atomic E-state index is 0.883. The van der Waals surface area contributed by atoms with Crippen LogP contribution in [0.1, 0.15) is 46.0 Å². The zero-order valence-corrected chi connectivity index (χ0v) is 7.19. The molecular weight excluding hydrogens is 120 g/mol. The predicted octanol–water partition coefficient (Wildman–Crippen LogP) is 3.22. The number of hydrogen-bond donors (Lipinski definition) is 0. The van der Waals surface area contributed by atoms with Gasteiger partial charge in [-0.3, -0.25) is 0 Å². The van der Waals surface area contributed by atoms with Gasteiger partial charge in [-0.05, 0) is 42.9 Å². The molecule has 0 bridgehead atoms. The number of hydrogen-bond acceptors (Lipinski definition) is 0. The lowest BCUT2D eigenvalue weighted by Crippen LogP contribution is -2.05. The summed E-state index contributed by atoms with van der Waals surface area (Å²) in [5.74, 6) is 2.13. The first kappa shape index (κ1) is 6.69. The zero-order chi connectivity index (χ0) is 7.19. The second-order valence-electron chi connectivity index (χ2n) is 4.51. The van der Waals surface area contributed by atoms with Gasteiger partial charge in [0.1, 0.15) is 0 Å².